The first-order chi connectivity index (χ1) is 9.29. The highest BCUT2D eigenvalue weighted by atomic mass is 32.1. The molecule has 1 saturated heterocycles. The minimum absolute atomic E-state index is 0.387. The van der Waals surface area contributed by atoms with Crippen molar-refractivity contribution in [3.8, 4) is 0 Å². The zero-order chi connectivity index (χ0) is 13.1. The summed E-state index contributed by atoms with van der Waals surface area (Å²) in [5.74, 6) is 0.968. The predicted molar refractivity (Wildman–Crippen MR) is 79.6 cm³/mol. The fourth-order valence-electron chi connectivity index (χ4n) is 2.82. The molecule has 0 bridgehead atoms. The summed E-state index contributed by atoms with van der Waals surface area (Å²) in [6, 6.07) is 4.37. The van der Waals surface area contributed by atoms with Crippen LogP contribution >= 0.6 is 11.3 Å². The molecule has 19 heavy (non-hydrogen) atoms. The second-order valence-electron chi connectivity index (χ2n) is 5.97. The minimum atomic E-state index is 0.387. The predicted octanol–water partition coefficient (Wildman–Crippen LogP) is 2.29. The number of hydrogen-bond donors (Lipinski definition) is 0. The van der Waals surface area contributed by atoms with E-state index in [9.17, 15) is 0 Å². The molecule has 1 aromatic rings. The SMILES string of the molecule is CN(CC1CC1)C[C@@H]1CN(Cc2cccs2)CCO1. The van der Waals surface area contributed by atoms with Gasteiger partial charge in [-0.25, -0.2) is 0 Å². The van der Waals surface area contributed by atoms with Crippen molar-refractivity contribution in [3.05, 3.63) is 22.4 Å². The van der Waals surface area contributed by atoms with Gasteiger partial charge in [-0.05, 0) is 37.3 Å². The summed E-state index contributed by atoms with van der Waals surface area (Å²) in [4.78, 5) is 6.45. The summed E-state index contributed by atoms with van der Waals surface area (Å²) < 4.78 is 5.92. The van der Waals surface area contributed by atoms with E-state index < -0.39 is 0 Å². The Bertz CT molecular complexity index is 378. The Morgan fingerprint density at radius 3 is 3.05 bits per heavy atom. The standard InChI is InChI=1S/C15H24N2OS/c1-16(9-13-4-5-13)10-14-11-17(6-7-18-14)12-15-3-2-8-19-15/h2-3,8,13-14H,4-7,9-12H2,1H3/t14-/m1/s1. The molecule has 2 fully saturated rings. The summed E-state index contributed by atoms with van der Waals surface area (Å²) in [7, 11) is 2.24. The van der Waals surface area contributed by atoms with Crippen molar-refractivity contribution in [1.82, 2.24) is 9.80 Å². The highest BCUT2D eigenvalue weighted by Gasteiger charge is 2.26. The average molecular weight is 280 g/mol. The van der Waals surface area contributed by atoms with Gasteiger partial charge in [-0.3, -0.25) is 4.90 Å². The molecule has 1 atom stereocenters. The van der Waals surface area contributed by atoms with Crippen molar-refractivity contribution < 1.29 is 4.74 Å². The van der Waals surface area contributed by atoms with Gasteiger partial charge in [-0.15, -0.1) is 11.3 Å². The monoisotopic (exact) mass is 280 g/mol. The number of likely N-dealkylation sites (N-methyl/N-ethyl adjacent to an activating group) is 1. The van der Waals surface area contributed by atoms with Crippen LogP contribution in [0.25, 0.3) is 0 Å². The normalized spacial score (nSPS) is 25.1. The van der Waals surface area contributed by atoms with E-state index in [1.54, 1.807) is 0 Å². The zero-order valence-corrected chi connectivity index (χ0v) is 12.6. The van der Waals surface area contributed by atoms with Crippen molar-refractivity contribution in [2.24, 2.45) is 5.92 Å². The van der Waals surface area contributed by atoms with E-state index in [4.69, 9.17) is 4.74 Å². The van der Waals surface area contributed by atoms with E-state index in [1.165, 1.54) is 24.3 Å². The fourth-order valence-corrected chi connectivity index (χ4v) is 3.57. The molecule has 0 N–H and O–H groups in total. The zero-order valence-electron chi connectivity index (χ0n) is 11.8. The molecule has 3 rings (SSSR count). The van der Waals surface area contributed by atoms with Gasteiger partial charge in [-0.1, -0.05) is 6.07 Å². The Morgan fingerprint density at radius 1 is 1.42 bits per heavy atom. The first kappa shape index (κ1) is 13.6. The highest BCUT2D eigenvalue weighted by molar-refractivity contribution is 7.09. The third-order valence-electron chi connectivity index (χ3n) is 3.96. The third-order valence-corrected chi connectivity index (χ3v) is 4.83. The molecule has 1 saturated carbocycles. The minimum Gasteiger partial charge on any atom is -0.374 e. The summed E-state index contributed by atoms with van der Waals surface area (Å²) in [6.07, 6.45) is 3.25. The van der Waals surface area contributed by atoms with E-state index in [0.717, 1.165) is 38.7 Å². The van der Waals surface area contributed by atoms with E-state index in [2.05, 4.69) is 34.4 Å². The summed E-state index contributed by atoms with van der Waals surface area (Å²) in [6.45, 7) is 6.45. The second-order valence-corrected chi connectivity index (χ2v) is 7.00. The van der Waals surface area contributed by atoms with Crippen LogP contribution in [0.2, 0.25) is 0 Å². The fraction of sp³-hybridized carbons (Fsp3) is 0.733. The number of nitrogens with zero attached hydrogens (tertiary/aromatic N) is 2. The Morgan fingerprint density at radius 2 is 2.32 bits per heavy atom. The number of morpholine rings is 1. The maximum absolute atomic E-state index is 5.92. The first-order valence-electron chi connectivity index (χ1n) is 7.34. The number of ether oxygens (including phenoxy) is 1. The Labute approximate surface area is 120 Å². The lowest BCUT2D eigenvalue weighted by Crippen LogP contribution is -2.46. The van der Waals surface area contributed by atoms with Crippen molar-refractivity contribution in [2.75, 3.05) is 39.8 Å². The molecule has 4 heteroatoms. The average Bonchev–Trinajstić information content (AvgIpc) is 3.04. The van der Waals surface area contributed by atoms with Gasteiger partial charge < -0.3 is 9.64 Å². The molecule has 1 aliphatic heterocycles. The molecule has 0 radical (unpaired) electrons. The Kier molecular flexibility index (Phi) is 4.53. The van der Waals surface area contributed by atoms with Crippen LogP contribution in [-0.2, 0) is 11.3 Å². The maximum atomic E-state index is 5.92. The number of hydrogen-bond acceptors (Lipinski definition) is 4. The van der Waals surface area contributed by atoms with Crippen LogP contribution in [-0.4, -0.2) is 55.7 Å². The van der Waals surface area contributed by atoms with Crippen molar-refractivity contribution >= 4 is 11.3 Å². The van der Waals surface area contributed by atoms with Crippen LogP contribution in [0.15, 0.2) is 17.5 Å². The lowest BCUT2D eigenvalue weighted by atomic mass is 10.2. The largest absolute Gasteiger partial charge is 0.374 e. The summed E-state index contributed by atoms with van der Waals surface area (Å²) in [5, 5.41) is 2.16. The van der Waals surface area contributed by atoms with Gasteiger partial charge in [0.15, 0.2) is 0 Å². The molecule has 0 aromatic carbocycles. The van der Waals surface area contributed by atoms with Gasteiger partial charge in [0.25, 0.3) is 0 Å². The Hall–Kier alpha value is -0.420. The van der Waals surface area contributed by atoms with E-state index >= 15 is 0 Å². The van der Waals surface area contributed by atoms with E-state index in [-0.39, 0.29) is 0 Å². The van der Waals surface area contributed by atoms with Crippen LogP contribution < -0.4 is 0 Å². The molecular formula is C15H24N2OS. The van der Waals surface area contributed by atoms with Crippen LogP contribution in [0, 0.1) is 5.92 Å². The second kappa shape index (κ2) is 6.35. The molecule has 0 amide bonds. The summed E-state index contributed by atoms with van der Waals surface area (Å²) in [5.41, 5.74) is 0. The van der Waals surface area contributed by atoms with Crippen molar-refractivity contribution in [2.45, 2.75) is 25.5 Å². The van der Waals surface area contributed by atoms with Crippen molar-refractivity contribution in [3.63, 3.8) is 0 Å². The van der Waals surface area contributed by atoms with Crippen LogP contribution in [0.3, 0.4) is 0 Å². The third kappa shape index (κ3) is 4.28. The molecule has 2 heterocycles. The van der Waals surface area contributed by atoms with Gasteiger partial charge in [-0.2, -0.15) is 0 Å². The van der Waals surface area contributed by atoms with Crippen LogP contribution in [0.4, 0.5) is 0 Å². The van der Waals surface area contributed by atoms with Crippen LogP contribution in [0.1, 0.15) is 17.7 Å². The molecule has 1 aliphatic carbocycles. The molecular weight excluding hydrogens is 256 g/mol. The topological polar surface area (TPSA) is 15.7 Å². The smallest absolute Gasteiger partial charge is 0.0829 e. The number of rotatable bonds is 6. The molecule has 0 spiro atoms. The molecule has 1 aromatic heterocycles. The molecule has 3 nitrogen and oxygen atoms in total. The number of thiophene rings is 1. The van der Waals surface area contributed by atoms with Gasteiger partial charge in [0, 0.05) is 37.6 Å². The lowest BCUT2D eigenvalue weighted by Gasteiger charge is -2.34. The van der Waals surface area contributed by atoms with Crippen molar-refractivity contribution in [1.29, 1.82) is 0 Å². The molecule has 2 aliphatic rings. The highest BCUT2D eigenvalue weighted by Crippen LogP contribution is 2.29. The maximum Gasteiger partial charge on any atom is 0.0829 e. The van der Waals surface area contributed by atoms with Crippen LogP contribution in [0.5, 0.6) is 0 Å². The first-order valence-corrected chi connectivity index (χ1v) is 8.22. The quantitative estimate of drug-likeness (QED) is 0.795. The molecule has 106 valence electrons. The van der Waals surface area contributed by atoms with E-state index in [1.807, 2.05) is 11.3 Å². The van der Waals surface area contributed by atoms with Gasteiger partial charge >= 0.3 is 0 Å². The van der Waals surface area contributed by atoms with Gasteiger partial charge in [0.1, 0.15) is 0 Å². The molecule has 0 unspecified atom stereocenters. The van der Waals surface area contributed by atoms with E-state index in [0.29, 0.717) is 6.10 Å². The van der Waals surface area contributed by atoms with Gasteiger partial charge in [0.05, 0.1) is 12.7 Å². The lowest BCUT2D eigenvalue weighted by molar-refractivity contribution is -0.0431. The Balaban J connectivity index is 1.44. The van der Waals surface area contributed by atoms with Gasteiger partial charge in [0.2, 0.25) is 0 Å². The summed E-state index contributed by atoms with van der Waals surface area (Å²) >= 11 is 1.86.